The Morgan fingerprint density at radius 3 is 2.56 bits per heavy atom. The summed E-state index contributed by atoms with van der Waals surface area (Å²) in [6.07, 6.45) is 2.21. The number of nitrogens with one attached hydrogen (secondary N) is 1. The third-order valence-electron chi connectivity index (χ3n) is 2.74. The number of hydrogen-bond donors (Lipinski definition) is 2. The molecule has 0 amide bonds. The summed E-state index contributed by atoms with van der Waals surface area (Å²) in [4.78, 5) is 0. The fraction of sp³-hybridized carbons (Fsp3) is 0.538. The Morgan fingerprint density at radius 2 is 2.06 bits per heavy atom. The van der Waals surface area contributed by atoms with Gasteiger partial charge in [0.15, 0.2) is 0 Å². The first-order valence-electron chi connectivity index (χ1n) is 5.74. The summed E-state index contributed by atoms with van der Waals surface area (Å²) in [6, 6.07) is 6.34. The van der Waals surface area contributed by atoms with E-state index in [1.807, 2.05) is 0 Å². The number of aryl methyl sites for hydroxylation is 1. The minimum atomic E-state index is -0.0119. The fourth-order valence-corrected chi connectivity index (χ4v) is 2.53. The average molecular weight is 285 g/mol. The molecule has 0 bridgehead atoms. The predicted molar refractivity (Wildman–Crippen MR) is 74.9 cm³/mol. The minimum absolute atomic E-state index is 0.0119. The summed E-state index contributed by atoms with van der Waals surface area (Å²) in [6.45, 7) is 7.09. The quantitative estimate of drug-likeness (QED) is 0.866. The van der Waals surface area contributed by atoms with Crippen molar-refractivity contribution in [2.75, 3.05) is 11.9 Å². The van der Waals surface area contributed by atoms with Crippen molar-refractivity contribution < 1.29 is 0 Å². The van der Waals surface area contributed by atoms with Crippen LogP contribution >= 0.6 is 15.9 Å². The van der Waals surface area contributed by atoms with E-state index < -0.39 is 0 Å². The molecule has 0 saturated heterocycles. The molecule has 90 valence electrons. The highest BCUT2D eigenvalue weighted by Crippen LogP contribution is 2.24. The first kappa shape index (κ1) is 13.5. The lowest BCUT2D eigenvalue weighted by Crippen LogP contribution is -2.42. The number of hydrogen-bond acceptors (Lipinski definition) is 2. The maximum absolute atomic E-state index is 5.84. The summed E-state index contributed by atoms with van der Waals surface area (Å²) in [5.74, 6) is 0. The second-order valence-electron chi connectivity index (χ2n) is 4.66. The molecule has 0 saturated carbocycles. The van der Waals surface area contributed by atoms with E-state index in [1.165, 1.54) is 5.56 Å². The molecule has 1 aromatic carbocycles. The van der Waals surface area contributed by atoms with Gasteiger partial charge >= 0.3 is 0 Å². The second-order valence-corrected chi connectivity index (χ2v) is 5.57. The number of anilines is 1. The molecule has 3 N–H and O–H groups in total. The van der Waals surface area contributed by atoms with Crippen LogP contribution < -0.4 is 11.1 Å². The van der Waals surface area contributed by atoms with Gasteiger partial charge in [0, 0.05) is 22.2 Å². The molecule has 0 aromatic heterocycles. The molecule has 16 heavy (non-hydrogen) atoms. The van der Waals surface area contributed by atoms with Crippen molar-refractivity contribution in [3.05, 3.63) is 28.2 Å². The van der Waals surface area contributed by atoms with Gasteiger partial charge in [0.2, 0.25) is 0 Å². The Morgan fingerprint density at radius 1 is 1.38 bits per heavy atom. The summed E-state index contributed by atoms with van der Waals surface area (Å²) < 4.78 is 1.10. The van der Waals surface area contributed by atoms with Crippen LogP contribution in [0, 0.1) is 6.92 Å². The van der Waals surface area contributed by atoms with E-state index >= 15 is 0 Å². The highest BCUT2D eigenvalue weighted by molar-refractivity contribution is 9.10. The average Bonchev–Trinajstić information content (AvgIpc) is 2.16. The molecule has 1 unspecified atom stereocenters. The molecule has 0 aliphatic rings. The third kappa shape index (κ3) is 3.80. The highest BCUT2D eigenvalue weighted by atomic mass is 79.9. The first-order valence-corrected chi connectivity index (χ1v) is 6.54. The van der Waals surface area contributed by atoms with E-state index in [4.69, 9.17) is 5.73 Å². The summed E-state index contributed by atoms with van der Waals surface area (Å²) in [7, 11) is 0. The molecule has 0 heterocycles. The molecular formula is C13H21BrN2. The highest BCUT2D eigenvalue weighted by Gasteiger charge is 2.20. The SMILES string of the molecule is CCCC(C)(CN)Nc1cc(C)cc(Br)c1. The lowest BCUT2D eigenvalue weighted by molar-refractivity contribution is 0.476. The van der Waals surface area contributed by atoms with Crippen LogP contribution in [0.3, 0.4) is 0 Å². The Labute approximate surface area is 107 Å². The van der Waals surface area contributed by atoms with Crippen LogP contribution in [0.4, 0.5) is 5.69 Å². The fourth-order valence-electron chi connectivity index (χ4n) is 1.92. The normalized spacial score (nSPS) is 14.6. The Hall–Kier alpha value is -0.540. The molecule has 1 atom stereocenters. The van der Waals surface area contributed by atoms with Crippen LogP contribution in [0.25, 0.3) is 0 Å². The number of benzene rings is 1. The molecular weight excluding hydrogens is 264 g/mol. The van der Waals surface area contributed by atoms with Gasteiger partial charge in [0.05, 0.1) is 0 Å². The summed E-state index contributed by atoms with van der Waals surface area (Å²) >= 11 is 3.51. The van der Waals surface area contributed by atoms with Crippen molar-refractivity contribution in [2.45, 2.75) is 39.2 Å². The van der Waals surface area contributed by atoms with Crippen molar-refractivity contribution in [1.29, 1.82) is 0 Å². The van der Waals surface area contributed by atoms with Gasteiger partial charge in [-0.2, -0.15) is 0 Å². The van der Waals surface area contributed by atoms with Crippen molar-refractivity contribution in [1.82, 2.24) is 0 Å². The summed E-state index contributed by atoms with van der Waals surface area (Å²) in [5.41, 5.74) is 8.21. The zero-order chi connectivity index (χ0) is 12.2. The largest absolute Gasteiger partial charge is 0.379 e. The molecule has 0 fully saturated rings. The monoisotopic (exact) mass is 284 g/mol. The van der Waals surface area contributed by atoms with E-state index in [1.54, 1.807) is 0 Å². The number of halogens is 1. The zero-order valence-electron chi connectivity index (χ0n) is 10.3. The molecule has 0 radical (unpaired) electrons. The molecule has 1 rings (SSSR count). The molecule has 0 aliphatic heterocycles. The van der Waals surface area contributed by atoms with Gasteiger partial charge in [-0.15, -0.1) is 0 Å². The smallest absolute Gasteiger partial charge is 0.0467 e. The van der Waals surface area contributed by atoms with Crippen LogP contribution in [0.1, 0.15) is 32.3 Å². The van der Waals surface area contributed by atoms with Gasteiger partial charge < -0.3 is 11.1 Å². The van der Waals surface area contributed by atoms with Crippen LogP contribution in [0.15, 0.2) is 22.7 Å². The summed E-state index contributed by atoms with van der Waals surface area (Å²) in [5, 5.41) is 3.53. The number of nitrogens with two attached hydrogens (primary N) is 1. The van der Waals surface area contributed by atoms with E-state index in [0.29, 0.717) is 6.54 Å². The number of rotatable bonds is 5. The van der Waals surface area contributed by atoms with Gasteiger partial charge in [0.25, 0.3) is 0 Å². The third-order valence-corrected chi connectivity index (χ3v) is 3.20. The van der Waals surface area contributed by atoms with Gasteiger partial charge in [-0.05, 0) is 44.0 Å². The van der Waals surface area contributed by atoms with Crippen LogP contribution in [0.2, 0.25) is 0 Å². The second kappa shape index (κ2) is 5.69. The molecule has 1 aromatic rings. The molecule has 2 nitrogen and oxygen atoms in total. The first-order chi connectivity index (χ1) is 7.49. The Kier molecular flexibility index (Phi) is 4.81. The minimum Gasteiger partial charge on any atom is -0.379 e. The van der Waals surface area contributed by atoms with Crippen LogP contribution in [0.5, 0.6) is 0 Å². The lowest BCUT2D eigenvalue weighted by Gasteiger charge is -2.30. The Balaban J connectivity index is 2.85. The van der Waals surface area contributed by atoms with E-state index in [9.17, 15) is 0 Å². The zero-order valence-corrected chi connectivity index (χ0v) is 11.9. The van der Waals surface area contributed by atoms with Crippen molar-refractivity contribution in [2.24, 2.45) is 5.73 Å². The topological polar surface area (TPSA) is 38.0 Å². The molecule has 0 aliphatic carbocycles. The maximum atomic E-state index is 5.84. The standard InChI is InChI=1S/C13H21BrN2/c1-4-5-13(3,9-15)16-12-7-10(2)6-11(14)8-12/h6-8,16H,4-5,9,15H2,1-3H3. The van der Waals surface area contributed by atoms with Gasteiger partial charge in [-0.25, -0.2) is 0 Å². The molecule has 3 heteroatoms. The lowest BCUT2D eigenvalue weighted by atomic mass is 9.96. The predicted octanol–water partition coefficient (Wildman–Crippen LogP) is 3.69. The van der Waals surface area contributed by atoms with Gasteiger partial charge in [-0.3, -0.25) is 0 Å². The Bertz CT molecular complexity index is 332. The van der Waals surface area contributed by atoms with Crippen molar-refractivity contribution in [3.63, 3.8) is 0 Å². The molecule has 0 spiro atoms. The van der Waals surface area contributed by atoms with Gasteiger partial charge in [0.1, 0.15) is 0 Å². The van der Waals surface area contributed by atoms with E-state index in [0.717, 1.165) is 23.0 Å². The maximum Gasteiger partial charge on any atom is 0.0467 e. The van der Waals surface area contributed by atoms with E-state index in [2.05, 4.69) is 60.2 Å². The van der Waals surface area contributed by atoms with Crippen molar-refractivity contribution in [3.8, 4) is 0 Å². The van der Waals surface area contributed by atoms with Crippen LogP contribution in [-0.2, 0) is 0 Å². The van der Waals surface area contributed by atoms with Crippen molar-refractivity contribution >= 4 is 21.6 Å². The van der Waals surface area contributed by atoms with Crippen LogP contribution in [-0.4, -0.2) is 12.1 Å². The van der Waals surface area contributed by atoms with Gasteiger partial charge in [-0.1, -0.05) is 29.3 Å². The van der Waals surface area contributed by atoms with E-state index in [-0.39, 0.29) is 5.54 Å².